The molecule has 0 aliphatic heterocycles. The van der Waals surface area contributed by atoms with E-state index < -0.39 is 0 Å². The van der Waals surface area contributed by atoms with Crippen molar-refractivity contribution in [3.8, 4) is 0 Å². The number of anilines is 1. The SMILES string of the molecule is COCCCNC(=S)Nc1ccccc1Cl. The number of nitrogens with one attached hydrogen (secondary N) is 2. The summed E-state index contributed by atoms with van der Waals surface area (Å²) in [5.41, 5.74) is 0.813. The van der Waals surface area contributed by atoms with Gasteiger partial charge in [-0.3, -0.25) is 0 Å². The van der Waals surface area contributed by atoms with Gasteiger partial charge in [-0.25, -0.2) is 0 Å². The van der Waals surface area contributed by atoms with Crippen molar-refractivity contribution in [2.24, 2.45) is 0 Å². The molecule has 0 unspecified atom stereocenters. The smallest absolute Gasteiger partial charge is 0.170 e. The molecule has 0 aliphatic carbocycles. The van der Waals surface area contributed by atoms with Crippen molar-refractivity contribution in [2.45, 2.75) is 6.42 Å². The molecule has 88 valence electrons. The average molecular weight is 259 g/mol. The maximum absolute atomic E-state index is 5.98. The van der Waals surface area contributed by atoms with Gasteiger partial charge in [0.2, 0.25) is 0 Å². The summed E-state index contributed by atoms with van der Waals surface area (Å²) >= 11 is 11.1. The van der Waals surface area contributed by atoms with Crippen LogP contribution in [0.1, 0.15) is 6.42 Å². The monoisotopic (exact) mass is 258 g/mol. The highest BCUT2D eigenvalue weighted by Crippen LogP contribution is 2.19. The van der Waals surface area contributed by atoms with Crippen LogP contribution in [0, 0.1) is 0 Å². The van der Waals surface area contributed by atoms with Crippen molar-refractivity contribution in [3.05, 3.63) is 29.3 Å². The van der Waals surface area contributed by atoms with E-state index in [9.17, 15) is 0 Å². The van der Waals surface area contributed by atoms with Crippen LogP contribution in [0.2, 0.25) is 5.02 Å². The van der Waals surface area contributed by atoms with Gasteiger partial charge in [0.1, 0.15) is 0 Å². The van der Waals surface area contributed by atoms with Gasteiger partial charge in [0, 0.05) is 20.3 Å². The zero-order valence-corrected chi connectivity index (χ0v) is 10.7. The van der Waals surface area contributed by atoms with Crippen molar-refractivity contribution < 1.29 is 4.74 Å². The fraction of sp³-hybridized carbons (Fsp3) is 0.364. The Bertz CT molecular complexity index is 347. The lowest BCUT2D eigenvalue weighted by molar-refractivity contribution is 0.196. The molecule has 0 spiro atoms. The molecule has 0 aromatic heterocycles. The van der Waals surface area contributed by atoms with E-state index in [1.54, 1.807) is 7.11 Å². The standard InChI is InChI=1S/C11H15ClN2OS/c1-15-8-4-7-13-11(16)14-10-6-3-2-5-9(10)12/h2-3,5-6H,4,7-8H2,1H3,(H2,13,14,16). The number of ether oxygens (including phenoxy) is 1. The van der Waals surface area contributed by atoms with Crippen molar-refractivity contribution in [1.82, 2.24) is 5.32 Å². The van der Waals surface area contributed by atoms with E-state index in [-0.39, 0.29) is 0 Å². The first-order chi connectivity index (χ1) is 7.74. The molecule has 2 N–H and O–H groups in total. The summed E-state index contributed by atoms with van der Waals surface area (Å²) in [6.07, 6.45) is 0.918. The molecule has 0 fully saturated rings. The Morgan fingerprint density at radius 2 is 2.19 bits per heavy atom. The van der Waals surface area contributed by atoms with Gasteiger partial charge in [-0.15, -0.1) is 0 Å². The molecule has 0 heterocycles. The molecule has 0 saturated heterocycles. The predicted octanol–water partition coefficient (Wildman–Crippen LogP) is 2.66. The van der Waals surface area contributed by atoms with E-state index >= 15 is 0 Å². The molecule has 1 rings (SSSR count). The van der Waals surface area contributed by atoms with Gasteiger partial charge >= 0.3 is 0 Å². The van der Waals surface area contributed by atoms with Gasteiger partial charge in [0.05, 0.1) is 10.7 Å². The Balaban J connectivity index is 2.32. The summed E-state index contributed by atoms with van der Waals surface area (Å²) in [7, 11) is 1.68. The first-order valence-electron chi connectivity index (χ1n) is 5.02. The maximum Gasteiger partial charge on any atom is 0.170 e. The molecule has 1 aromatic rings. The summed E-state index contributed by atoms with van der Waals surface area (Å²) in [6.45, 7) is 1.51. The molecule has 0 saturated carbocycles. The normalized spacial score (nSPS) is 9.88. The van der Waals surface area contributed by atoms with E-state index in [1.165, 1.54) is 0 Å². The second-order valence-electron chi connectivity index (χ2n) is 3.21. The number of methoxy groups -OCH3 is 1. The number of rotatable bonds is 5. The van der Waals surface area contributed by atoms with Gasteiger partial charge in [-0.2, -0.15) is 0 Å². The van der Waals surface area contributed by atoms with E-state index in [0.717, 1.165) is 25.3 Å². The third-order valence-electron chi connectivity index (χ3n) is 1.93. The van der Waals surface area contributed by atoms with Crippen LogP contribution in [0.25, 0.3) is 0 Å². The molecular formula is C11H15ClN2OS. The van der Waals surface area contributed by atoms with Crippen LogP contribution < -0.4 is 10.6 Å². The Morgan fingerprint density at radius 1 is 1.44 bits per heavy atom. The number of hydrogen-bond acceptors (Lipinski definition) is 2. The molecule has 0 bridgehead atoms. The fourth-order valence-electron chi connectivity index (χ4n) is 1.15. The van der Waals surface area contributed by atoms with Gasteiger partial charge in [0.15, 0.2) is 5.11 Å². The van der Waals surface area contributed by atoms with Gasteiger partial charge in [0.25, 0.3) is 0 Å². The number of thiocarbonyl (C=S) groups is 1. The van der Waals surface area contributed by atoms with E-state index in [4.69, 9.17) is 28.6 Å². The molecule has 1 aromatic carbocycles. The van der Waals surface area contributed by atoms with Crippen molar-refractivity contribution in [1.29, 1.82) is 0 Å². The second-order valence-corrected chi connectivity index (χ2v) is 4.02. The summed E-state index contributed by atoms with van der Waals surface area (Å²) < 4.78 is 4.94. The molecule has 5 heteroatoms. The minimum atomic E-state index is 0.573. The Kier molecular flexibility index (Phi) is 6.15. The largest absolute Gasteiger partial charge is 0.385 e. The van der Waals surface area contributed by atoms with E-state index in [1.807, 2.05) is 24.3 Å². The molecular weight excluding hydrogens is 244 g/mol. The highest BCUT2D eigenvalue weighted by atomic mass is 35.5. The Labute approximate surface area is 106 Å². The van der Waals surface area contributed by atoms with Gasteiger partial charge in [-0.1, -0.05) is 23.7 Å². The minimum absolute atomic E-state index is 0.573. The van der Waals surface area contributed by atoms with Crippen LogP contribution in [-0.4, -0.2) is 25.4 Å². The van der Waals surface area contributed by atoms with Crippen LogP contribution in [0.3, 0.4) is 0 Å². The summed E-state index contributed by atoms with van der Waals surface area (Å²) in [4.78, 5) is 0. The fourth-order valence-corrected chi connectivity index (χ4v) is 1.54. The molecule has 0 amide bonds. The third kappa shape index (κ3) is 4.79. The number of hydrogen-bond donors (Lipinski definition) is 2. The van der Waals surface area contributed by atoms with E-state index in [2.05, 4.69) is 10.6 Å². The van der Waals surface area contributed by atoms with Crippen molar-refractivity contribution in [2.75, 3.05) is 25.6 Å². The lowest BCUT2D eigenvalue weighted by Gasteiger charge is -2.11. The molecule has 16 heavy (non-hydrogen) atoms. The summed E-state index contributed by atoms with van der Waals surface area (Å²) in [6, 6.07) is 7.48. The minimum Gasteiger partial charge on any atom is -0.385 e. The summed E-state index contributed by atoms with van der Waals surface area (Å²) in [5.74, 6) is 0. The first-order valence-corrected chi connectivity index (χ1v) is 5.81. The predicted molar refractivity (Wildman–Crippen MR) is 72.2 cm³/mol. The van der Waals surface area contributed by atoms with Gasteiger partial charge < -0.3 is 15.4 Å². The van der Waals surface area contributed by atoms with Crippen LogP contribution in [0.15, 0.2) is 24.3 Å². The quantitative estimate of drug-likeness (QED) is 0.629. The number of benzene rings is 1. The lowest BCUT2D eigenvalue weighted by atomic mass is 10.3. The topological polar surface area (TPSA) is 33.3 Å². The van der Waals surface area contributed by atoms with Crippen molar-refractivity contribution >= 4 is 34.6 Å². The summed E-state index contributed by atoms with van der Waals surface area (Å²) in [5, 5.41) is 7.34. The Morgan fingerprint density at radius 3 is 2.88 bits per heavy atom. The average Bonchev–Trinajstić information content (AvgIpc) is 2.28. The maximum atomic E-state index is 5.98. The van der Waals surface area contributed by atoms with Crippen LogP contribution >= 0.6 is 23.8 Å². The molecule has 0 aliphatic rings. The Hall–Kier alpha value is -0.840. The van der Waals surface area contributed by atoms with Gasteiger partial charge in [-0.05, 0) is 30.8 Å². The molecule has 3 nitrogen and oxygen atoms in total. The van der Waals surface area contributed by atoms with E-state index in [0.29, 0.717) is 10.1 Å². The zero-order valence-electron chi connectivity index (χ0n) is 9.13. The van der Waals surface area contributed by atoms with Crippen LogP contribution in [0.5, 0.6) is 0 Å². The van der Waals surface area contributed by atoms with Crippen LogP contribution in [0.4, 0.5) is 5.69 Å². The second kappa shape index (κ2) is 7.44. The number of halogens is 1. The number of para-hydroxylation sites is 1. The van der Waals surface area contributed by atoms with Crippen LogP contribution in [-0.2, 0) is 4.74 Å². The zero-order chi connectivity index (χ0) is 11.8. The first kappa shape index (κ1) is 13.2. The third-order valence-corrected chi connectivity index (χ3v) is 2.51. The van der Waals surface area contributed by atoms with Crippen molar-refractivity contribution in [3.63, 3.8) is 0 Å². The highest BCUT2D eigenvalue weighted by Gasteiger charge is 2.00. The lowest BCUT2D eigenvalue weighted by Crippen LogP contribution is -2.29. The highest BCUT2D eigenvalue weighted by molar-refractivity contribution is 7.80. The molecule has 0 atom stereocenters. The molecule has 0 radical (unpaired) electrons.